The number of methoxy groups -OCH3 is 2. The number of halogens is 1. The van der Waals surface area contributed by atoms with E-state index in [1.54, 1.807) is 36.4 Å². The second kappa shape index (κ2) is 9.78. The van der Waals surface area contributed by atoms with Gasteiger partial charge in [-0.1, -0.05) is 0 Å². The smallest absolute Gasteiger partial charge is 0.255 e. The molecule has 1 aliphatic heterocycles. The minimum Gasteiger partial charge on any atom is -0.493 e. The van der Waals surface area contributed by atoms with Crippen LogP contribution < -0.4 is 19.5 Å². The van der Waals surface area contributed by atoms with Gasteiger partial charge in [0.1, 0.15) is 11.6 Å². The van der Waals surface area contributed by atoms with Crippen molar-refractivity contribution in [3.63, 3.8) is 0 Å². The molecule has 4 aromatic rings. The molecule has 0 radical (unpaired) electrons. The molecule has 0 aliphatic carbocycles. The largest absolute Gasteiger partial charge is 0.493 e. The first-order valence-electron chi connectivity index (χ1n) is 11.2. The van der Waals surface area contributed by atoms with Gasteiger partial charge in [-0.05, 0) is 53.7 Å². The highest BCUT2D eigenvalue weighted by Crippen LogP contribution is 2.41. The lowest BCUT2D eigenvalue weighted by molar-refractivity contribution is -0.0173. The van der Waals surface area contributed by atoms with E-state index in [1.165, 1.54) is 30.9 Å². The van der Waals surface area contributed by atoms with Gasteiger partial charge in [-0.3, -0.25) is 4.79 Å². The van der Waals surface area contributed by atoms with E-state index in [9.17, 15) is 19.2 Å². The maximum Gasteiger partial charge on any atom is 0.255 e. The maximum absolute atomic E-state index is 14.3. The number of anilines is 1. The number of carbonyl (C=O) groups is 1. The number of ether oxygens (including phenoxy) is 4. The first-order chi connectivity index (χ1) is 17.9. The molecular formula is C26H22FN3O7. The summed E-state index contributed by atoms with van der Waals surface area (Å²) in [7, 11) is 2.97. The van der Waals surface area contributed by atoms with Crippen LogP contribution in [0.1, 0.15) is 21.5 Å². The van der Waals surface area contributed by atoms with E-state index in [-0.39, 0.29) is 25.6 Å². The molecule has 1 aromatic heterocycles. The van der Waals surface area contributed by atoms with Crippen LogP contribution in [-0.4, -0.2) is 36.6 Å². The lowest BCUT2D eigenvalue weighted by Gasteiger charge is -2.21. The van der Waals surface area contributed by atoms with Crippen LogP contribution in [0.15, 0.2) is 53.7 Å². The molecule has 5 rings (SSSR count). The average Bonchev–Trinajstić information content (AvgIpc) is 3.17. The maximum atomic E-state index is 14.3. The molecule has 1 aliphatic rings. The van der Waals surface area contributed by atoms with E-state index < -0.39 is 17.6 Å². The summed E-state index contributed by atoms with van der Waals surface area (Å²) in [6.45, 7) is 0.175. The van der Waals surface area contributed by atoms with Crippen LogP contribution in [-0.2, 0) is 17.9 Å². The van der Waals surface area contributed by atoms with Crippen molar-refractivity contribution in [1.82, 2.24) is 4.57 Å². The van der Waals surface area contributed by atoms with Crippen LogP contribution in [0.25, 0.3) is 10.9 Å². The molecule has 11 heteroatoms. The Morgan fingerprint density at radius 2 is 1.95 bits per heavy atom. The minimum atomic E-state index is -0.490. The first-order valence-corrected chi connectivity index (χ1v) is 11.2. The number of aromatic nitrogens is 1. The molecule has 37 heavy (non-hydrogen) atoms. The van der Waals surface area contributed by atoms with Crippen LogP contribution in [0, 0.1) is 10.7 Å². The molecule has 0 unspecified atom stereocenters. The summed E-state index contributed by atoms with van der Waals surface area (Å²) < 4.78 is 37.0. The molecule has 1 amide bonds. The zero-order chi connectivity index (χ0) is 26.1. The number of amides is 1. The first kappa shape index (κ1) is 24.1. The molecule has 0 fully saturated rings. The van der Waals surface area contributed by atoms with Gasteiger partial charge in [0.2, 0.25) is 5.88 Å². The summed E-state index contributed by atoms with van der Waals surface area (Å²) in [5, 5.41) is 16.9. The van der Waals surface area contributed by atoms with Crippen molar-refractivity contribution in [2.45, 2.75) is 13.2 Å². The summed E-state index contributed by atoms with van der Waals surface area (Å²) in [6.07, 6.45) is 0. The van der Waals surface area contributed by atoms with E-state index in [0.29, 0.717) is 50.5 Å². The van der Waals surface area contributed by atoms with Crippen molar-refractivity contribution < 1.29 is 33.2 Å². The summed E-state index contributed by atoms with van der Waals surface area (Å²) in [4.78, 5) is 24.5. The van der Waals surface area contributed by atoms with Crippen molar-refractivity contribution in [3.05, 3.63) is 75.9 Å². The molecule has 0 atom stereocenters. The van der Waals surface area contributed by atoms with Crippen LogP contribution >= 0.6 is 0 Å². The number of rotatable bonds is 7. The zero-order valence-electron chi connectivity index (χ0n) is 19.9. The van der Waals surface area contributed by atoms with Gasteiger partial charge in [0.25, 0.3) is 5.91 Å². The van der Waals surface area contributed by atoms with Gasteiger partial charge in [0, 0.05) is 27.8 Å². The lowest BCUT2D eigenvalue weighted by atomic mass is 10.1. The number of nitrogens with zero attached hydrogens (tertiary/aromatic N) is 2. The van der Waals surface area contributed by atoms with Crippen LogP contribution in [0.4, 0.5) is 15.8 Å². The number of hydrogen-bond donors (Lipinski definition) is 2. The lowest BCUT2D eigenvalue weighted by Crippen LogP contribution is -2.15. The third kappa shape index (κ3) is 4.40. The highest BCUT2D eigenvalue weighted by atomic mass is 19.1. The van der Waals surface area contributed by atoms with Gasteiger partial charge in [-0.2, -0.15) is 0 Å². The zero-order valence-corrected chi connectivity index (χ0v) is 19.9. The molecule has 2 N–H and O–H groups in total. The Morgan fingerprint density at radius 3 is 2.70 bits per heavy atom. The second-order valence-corrected chi connectivity index (χ2v) is 8.27. The fourth-order valence-electron chi connectivity index (χ4n) is 4.37. The average molecular weight is 507 g/mol. The Morgan fingerprint density at radius 1 is 1.14 bits per heavy atom. The molecule has 2 heterocycles. The Kier molecular flexibility index (Phi) is 6.36. The number of hydrogen-bond acceptors (Lipinski definition) is 8. The third-order valence-corrected chi connectivity index (χ3v) is 6.09. The van der Waals surface area contributed by atoms with Gasteiger partial charge in [-0.15, -0.1) is 4.91 Å². The normalized spacial score (nSPS) is 12.5. The highest BCUT2D eigenvalue weighted by Gasteiger charge is 2.23. The van der Waals surface area contributed by atoms with Crippen LogP contribution in [0.3, 0.4) is 0 Å². The Labute approximate surface area is 210 Å². The summed E-state index contributed by atoms with van der Waals surface area (Å²) >= 11 is 0. The predicted octanol–water partition coefficient (Wildman–Crippen LogP) is 5.07. The van der Waals surface area contributed by atoms with Crippen molar-refractivity contribution in [2.75, 3.05) is 26.3 Å². The van der Waals surface area contributed by atoms with Gasteiger partial charge < -0.3 is 33.9 Å². The molecule has 10 nitrogen and oxygen atoms in total. The van der Waals surface area contributed by atoms with Crippen molar-refractivity contribution >= 4 is 28.2 Å². The fraction of sp³-hybridized carbons (Fsp3) is 0.192. The Bertz CT molecular complexity index is 1530. The van der Waals surface area contributed by atoms with Gasteiger partial charge in [0.15, 0.2) is 24.0 Å². The number of nitrogens with one attached hydrogen (secondary N) is 1. The standard InChI is InChI=1S/C26H22FN3O7/c1-34-21-6-3-14(9-22(21)35-2)25(31)28-18-4-5-19-20(10-18)30(26(32)23(19)29-33)11-15-7-17(27)8-16-12-36-13-37-24(15)16/h3-10,32H,11-13H2,1-2H3,(H,28,31). The monoisotopic (exact) mass is 507 g/mol. The van der Waals surface area contributed by atoms with Gasteiger partial charge in [0.05, 0.1) is 32.9 Å². The summed E-state index contributed by atoms with van der Waals surface area (Å²) in [5.74, 6) is 0.0418. The van der Waals surface area contributed by atoms with E-state index in [2.05, 4.69) is 10.5 Å². The van der Waals surface area contributed by atoms with E-state index >= 15 is 0 Å². The van der Waals surface area contributed by atoms with Crippen molar-refractivity contribution in [1.29, 1.82) is 0 Å². The summed E-state index contributed by atoms with van der Waals surface area (Å²) in [5.41, 5.74) is 1.95. The topological polar surface area (TPSA) is 121 Å². The van der Waals surface area contributed by atoms with Crippen LogP contribution in [0.2, 0.25) is 0 Å². The molecule has 190 valence electrons. The molecular weight excluding hydrogens is 485 g/mol. The summed E-state index contributed by atoms with van der Waals surface area (Å²) in [6, 6.07) is 12.1. The van der Waals surface area contributed by atoms with Crippen molar-refractivity contribution in [3.8, 4) is 23.1 Å². The fourth-order valence-corrected chi connectivity index (χ4v) is 4.37. The molecule has 0 saturated carbocycles. The molecule has 0 spiro atoms. The molecule has 0 saturated heterocycles. The highest BCUT2D eigenvalue weighted by molar-refractivity contribution is 6.06. The number of carbonyl (C=O) groups excluding carboxylic acids is 1. The number of aromatic hydroxyl groups is 1. The second-order valence-electron chi connectivity index (χ2n) is 8.27. The Hall–Kier alpha value is -4.64. The van der Waals surface area contributed by atoms with E-state index in [0.717, 1.165) is 0 Å². The van der Waals surface area contributed by atoms with Gasteiger partial charge >= 0.3 is 0 Å². The molecule has 3 aromatic carbocycles. The number of benzene rings is 3. The minimum absolute atomic E-state index is 0.0114. The van der Waals surface area contributed by atoms with Crippen molar-refractivity contribution in [2.24, 2.45) is 5.18 Å². The van der Waals surface area contributed by atoms with Crippen LogP contribution in [0.5, 0.6) is 23.1 Å². The van der Waals surface area contributed by atoms with E-state index in [1.807, 2.05) is 0 Å². The van der Waals surface area contributed by atoms with Gasteiger partial charge in [-0.25, -0.2) is 4.39 Å². The number of nitroso groups, excluding NO2 is 1. The number of fused-ring (bicyclic) bond motifs is 2. The Balaban J connectivity index is 1.52. The quantitative estimate of drug-likeness (QED) is 0.335. The predicted molar refractivity (Wildman–Crippen MR) is 132 cm³/mol. The van der Waals surface area contributed by atoms with E-state index in [4.69, 9.17) is 18.9 Å². The molecule has 0 bridgehead atoms. The SMILES string of the molecule is COc1ccc(C(=O)Nc2ccc3c(N=O)c(O)n(Cc4cc(F)cc5c4OCOC5)c3c2)cc1OC. The third-order valence-electron chi connectivity index (χ3n) is 6.09.